The van der Waals surface area contributed by atoms with Gasteiger partial charge in [0.05, 0.1) is 13.4 Å². The maximum absolute atomic E-state index is 14.0. The number of alkyl halides is 3. The van der Waals surface area contributed by atoms with Gasteiger partial charge in [-0.1, -0.05) is 11.6 Å². The van der Waals surface area contributed by atoms with Crippen LogP contribution in [0.2, 0.25) is 0 Å². The van der Waals surface area contributed by atoms with Crippen LogP contribution in [0.3, 0.4) is 0 Å². The zero-order valence-electron chi connectivity index (χ0n) is 14.8. The number of benzene rings is 1. The number of aromatic hydroxyl groups is 1. The number of methoxy groups -OCH3 is 1. The first-order valence-electron chi connectivity index (χ1n) is 7.75. The summed E-state index contributed by atoms with van der Waals surface area (Å²) in [5.74, 6) is -0.0517. The number of phenolic OH excluding ortho intramolecular Hbond substituents is 1. The van der Waals surface area contributed by atoms with E-state index in [1.165, 1.54) is 25.6 Å². The fraction of sp³-hybridized carbons (Fsp3) is 0.214. The second kappa shape index (κ2) is 8.58. The predicted octanol–water partition coefficient (Wildman–Crippen LogP) is 3.75. The summed E-state index contributed by atoms with van der Waals surface area (Å²) in [4.78, 5) is 26.3. The van der Waals surface area contributed by atoms with E-state index in [4.69, 9.17) is 22.1 Å². The number of hydrogen-bond acceptors (Lipinski definition) is 11. The molecule has 5 N–H and O–H groups in total. The summed E-state index contributed by atoms with van der Waals surface area (Å²) in [6.45, 7) is 0. The van der Waals surface area contributed by atoms with Crippen molar-refractivity contribution in [3.63, 3.8) is 0 Å². The number of phenols is 1. The number of nitro groups is 1. The number of hydrogen-bond donors (Lipinski definition) is 4. The molecule has 3 rings (SSSR count). The number of rotatable bonds is 8. The molecule has 0 spiro atoms. The smallest absolute Gasteiger partial charge is 0.287 e. The van der Waals surface area contributed by atoms with Crippen molar-refractivity contribution < 1.29 is 18.6 Å². The number of thioether (sulfide) groups is 1. The van der Waals surface area contributed by atoms with Gasteiger partial charge in [0.25, 0.3) is 15.3 Å². The summed E-state index contributed by atoms with van der Waals surface area (Å²) in [7, 11) is 1.41. The van der Waals surface area contributed by atoms with Crippen molar-refractivity contribution in [2.75, 3.05) is 12.4 Å². The van der Waals surface area contributed by atoms with Crippen LogP contribution in [-0.4, -0.2) is 39.9 Å². The fourth-order valence-electron chi connectivity index (χ4n) is 2.37. The van der Waals surface area contributed by atoms with Crippen LogP contribution < -0.4 is 15.8 Å². The summed E-state index contributed by atoms with van der Waals surface area (Å²) in [6.07, 6.45) is 1.33. The number of anilines is 2. The molecule has 0 radical (unpaired) electrons. The zero-order valence-corrected chi connectivity index (χ0v) is 18.8. The summed E-state index contributed by atoms with van der Waals surface area (Å²) in [5.41, 5.74) is 6.95. The molecule has 2 atom stereocenters. The van der Waals surface area contributed by atoms with Gasteiger partial charge in [-0.05, 0) is 39.8 Å². The van der Waals surface area contributed by atoms with E-state index >= 15 is 0 Å². The fourth-order valence-corrected chi connectivity index (χ4v) is 5.56. The SMILES string of the molecule is COc1ccc(Nc2nc(C(N)(S[N+](=O)[O-])SC(F)(Cl)Br)nc3nc[nH]c23)cc1O. The van der Waals surface area contributed by atoms with Gasteiger partial charge in [0.2, 0.25) is 4.20 Å². The van der Waals surface area contributed by atoms with Crippen LogP contribution >= 0.6 is 51.2 Å². The van der Waals surface area contributed by atoms with Crippen LogP contribution in [0.5, 0.6) is 11.5 Å². The number of nitrogens with zero attached hydrogens (tertiary/aromatic N) is 4. The van der Waals surface area contributed by atoms with Crippen molar-refractivity contribution in [1.29, 1.82) is 0 Å². The Kier molecular flexibility index (Phi) is 6.47. The highest BCUT2D eigenvalue weighted by molar-refractivity contribution is 9.12. The summed E-state index contributed by atoms with van der Waals surface area (Å²) < 4.78 is 13.5. The first-order chi connectivity index (χ1) is 14.0. The molecule has 2 unspecified atom stereocenters. The highest BCUT2D eigenvalue weighted by atomic mass is 79.9. The molecule has 0 aliphatic heterocycles. The van der Waals surface area contributed by atoms with Gasteiger partial charge in [-0.25, -0.2) is 19.3 Å². The van der Waals surface area contributed by atoms with Gasteiger partial charge in [-0.2, -0.15) is 0 Å². The van der Waals surface area contributed by atoms with E-state index in [1.807, 2.05) is 0 Å². The molecule has 0 amide bonds. The first-order valence-corrected chi connectivity index (χ1v) is 10.5. The molecule has 3 aromatic rings. The van der Waals surface area contributed by atoms with Crippen molar-refractivity contribution in [3.05, 3.63) is 40.5 Å². The van der Waals surface area contributed by atoms with E-state index in [0.717, 1.165) is 0 Å². The van der Waals surface area contributed by atoms with Crippen LogP contribution in [0.25, 0.3) is 11.2 Å². The van der Waals surface area contributed by atoms with E-state index in [9.17, 15) is 19.6 Å². The second-order valence-electron chi connectivity index (χ2n) is 5.54. The molecule has 0 saturated heterocycles. The minimum atomic E-state index is -2.62. The van der Waals surface area contributed by atoms with Gasteiger partial charge >= 0.3 is 0 Å². The van der Waals surface area contributed by atoms with Crippen molar-refractivity contribution in [1.82, 2.24) is 19.9 Å². The van der Waals surface area contributed by atoms with Crippen LogP contribution in [-0.2, 0) is 4.20 Å². The third kappa shape index (κ3) is 5.15. The Hall–Kier alpha value is -2.07. The second-order valence-corrected chi connectivity index (χ2v) is 11.2. The van der Waals surface area contributed by atoms with Gasteiger partial charge in [0, 0.05) is 11.8 Å². The molecule has 16 heteroatoms. The van der Waals surface area contributed by atoms with Gasteiger partial charge in [0.1, 0.15) is 9.85 Å². The number of H-pyrrole nitrogens is 1. The molecule has 0 aliphatic carbocycles. The molecule has 0 fully saturated rings. The van der Waals surface area contributed by atoms with E-state index in [1.54, 1.807) is 6.07 Å². The molecule has 0 aliphatic rings. The van der Waals surface area contributed by atoms with E-state index in [-0.39, 0.29) is 52.5 Å². The summed E-state index contributed by atoms with van der Waals surface area (Å²) in [6, 6.07) is 4.50. The number of imidazole rings is 1. The van der Waals surface area contributed by atoms with Crippen molar-refractivity contribution in [2.45, 2.75) is 7.57 Å². The van der Waals surface area contributed by atoms with Crippen LogP contribution in [0.15, 0.2) is 24.5 Å². The average Bonchev–Trinajstić information content (AvgIpc) is 3.08. The number of aromatic amines is 1. The highest BCUT2D eigenvalue weighted by Crippen LogP contribution is 2.52. The lowest BCUT2D eigenvalue weighted by Gasteiger charge is -2.24. The van der Waals surface area contributed by atoms with Crippen LogP contribution in [0, 0.1) is 10.1 Å². The molecule has 0 saturated carbocycles. The molecule has 2 aromatic heterocycles. The molecule has 0 bridgehead atoms. The van der Waals surface area contributed by atoms with E-state index in [0.29, 0.717) is 11.2 Å². The van der Waals surface area contributed by atoms with Crippen LogP contribution in [0.4, 0.5) is 15.9 Å². The minimum absolute atomic E-state index is 0.0234. The number of ether oxygens (including phenoxy) is 1. The number of nitrogens with two attached hydrogens (primary N) is 1. The molecule has 1 aromatic carbocycles. The lowest BCUT2D eigenvalue weighted by molar-refractivity contribution is -0.285. The summed E-state index contributed by atoms with van der Waals surface area (Å²) >= 11 is 8.24. The van der Waals surface area contributed by atoms with Crippen molar-refractivity contribution in [2.24, 2.45) is 5.73 Å². The molecule has 30 heavy (non-hydrogen) atoms. The van der Waals surface area contributed by atoms with Gasteiger partial charge in [-0.15, -0.1) is 0 Å². The lowest BCUT2D eigenvalue weighted by Crippen LogP contribution is -2.35. The Labute approximate surface area is 189 Å². The third-order valence-electron chi connectivity index (χ3n) is 3.52. The molecule has 160 valence electrons. The Morgan fingerprint density at radius 3 is 2.83 bits per heavy atom. The van der Waals surface area contributed by atoms with Crippen LogP contribution in [0.1, 0.15) is 5.82 Å². The predicted molar refractivity (Wildman–Crippen MR) is 116 cm³/mol. The maximum Gasteiger partial charge on any atom is 0.287 e. The quantitative estimate of drug-likeness (QED) is 0.108. The number of fused-ring (bicyclic) bond motifs is 1. The Morgan fingerprint density at radius 2 is 2.23 bits per heavy atom. The number of nitrogens with one attached hydrogen (secondary N) is 2. The van der Waals surface area contributed by atoms with Crippen molar-refractivity contribution >= 4 is 73.9 Å². The minimum Gasteiger partial charge on any atom is -0.504 e. The Bertz CT molecular complexity index is 1100. The van der Waals surface area contributed by atoms with Gasteiger partial charge in [0.15, 0.2) is 28.8 Å². The third-order valence-corrected chi connectivity index (χ3v) is 6.03. The average molecular weight is 541 g/mol. The van der Waals surface area contributed by atoms with Crippen molar-refractivity contribution in [3.8, 4) is 11.5 Å². The van der Waals surface area contributed by atoms with Gasteiger partial charge < -0.3 is 20.1 Å². The maximum atomic E-state index is 14.0. The highest BCUT2D eigenvalue weighted by Gasteiger charge is 2.48. The zero-order chi connectivity index (χ0) is 22.1. The van der Waals surface area contributed by atoms with E-state index in [2.05, 4.69) is 41.2 Å². The normalized spacial score (nSPS) is 15.4. The Balaban J connectivity index is 2.09. The standard InChI is InChI=1S/C14H12BrClFN7O4S2/c1-28-8-3-2-6(4-7(8)25)21-11-9-10(20-5-19-9)22-12(23-11)13(18,30-24(26)27)29-14(15,16)17/h2-5,25H,18H2,1H3,(H2,19,20,21,22,23). The number of aromatic nitrogens is 4. The first kappa shape index (κ1) is 22.6. The largest absolute Gasteiger partial charge is 0.504 e. The molecule has 11 nitrogen and oxygen atoms in total. The molecular weight excluding hydrogens is 529 g/mol. The molecule has 2 heterocycles. The topological polar surface area (TPSA) is 165 Å². The van der Waals surface area contributed by atoms with E-state index < -0.39 is 11.9 Å². The monoisotopic (exact) mass is 539 g/mol. The number of halogens is 3. The van der Waals surface area contributed by atoms with Gasteiger partial charge in [-0.3, -0.25) is 15.8 Å². The summed E-state index contributed by atoms with van der Waals surface area (Å²) in [5, 5.41) is 24.0. The Morgan fingerprint density at radius 1 is 1.50 bits per heavy atom. The molecular formula is C14H12BrClFN7O4S2. The lowest BCUT2D eigenvalue weighted by atomic mass is 10.2.